The molecule has 4 heteroatoms. The summed E-state index contributed by atoms with van der Waals surface area (Å²) in [5, 5.41) is 6.64. The summed E-state index contributed by atoms with van der Waals surface area (Å²) in [6.45, 7) is 1.10. The van der Waals surface area contributed by atoms with E-state index in [0.29, 0.717) is 6.04 Å². The van der Waals surface area contributed by atoms with Gasteiger partial charge >= 0.3 is 0 Å². The molecule has 16 heavy (non-hydrogen) atoms. The summed E-state index contributed by atoms with van der Waals surface area (Å²) in [6.07, 6.45) is 6.61. The van der Waals surface area contributed by atoms with Crippen molar-refractivity contribution in [1.29, 1.82) is 0 Å². The Labute approximate surface area is 94.7 Å². The quantitative estimate of drug-likeness (QED) is 0.804. The van der Waals surface area contributed by atoms with Crippen LogP contribution in [-0.4, -0.2) is 23.0 Å². The van der Waals surface area contributed by atoms with Crippen LogP contribution in [0.25, 0.3) is 5.52 Å². The van der Waals surface area contributed by atoms with Crippen molar-refractivity contribution in [3.63, 3.8) is 0 Å². The first-order valence-corrected chi connectivity index (χ1v) is 5.77. The fourth-order valence-electron chi connectivity index (χ4n) is 2.35. The second-order valence-corrected chi connectivity index (χ2v) is 4.21. The zero-order chi connectivity index (χ0) is 11.0. The van der Waals surface area contributed by atoms with E-state index in [9.17, 15) is 0 Å². The molecular formula is C12H16N4. The molecule has 3 heterocycles. The molecule has 0 bridgehead atoms. The molecule has 2 N–H and O–H groups in total. The van der Waals surface area contributed by atoms with E-state index in [1.54, 1.807) is 0 Å². The van der Waals surface area contributed by atoms with Crippen molar-refractivity contribution in [3.8, 4) is 0 Å². The molecule has 0 aliphatic carbocycles. The predicted octanol–water partition coefficient (Wildman–Crippen LogP) is 1.80. The molecule has 1 saturated heterocycles. The predicted molar refractivity (Wildman–Crippen MR) is 64.7 cm³/mol. The van der Waals surface area contributed by atoms with Crippen LogP contribution in [0.5, 0.6) is 0 Å². The molecule has 2 aromatic heterocycles. The molecule has 3 rings (SSSR count). The SMILES string of the molecule is CNc1nc(C2CCCN2)cn2cccc12. The lowest BCUT2D eigenvalue weighted by molar-refractivity contribution is 0.624. The Morgan fingerprint density at radius 3 is 3.25 bits per heavy atom. The topological polar surface area (TPSA) is 41.4 Å². The van der Waals surface area contributed by atoms with Gasteiger partial charge in [0.15, 0.2) is 0 Å². The Kier molecular flexibility index (Phi) is 2.29. The lowest BCUT2D eigenvalue weighted by Gasteiger charge is -2.12. The fourth-order valence-corrected chi connectivity index (χ4v) is 2.35. The van der Waals surface area contributed by atoms with Crippen LogP contribution in [0.1, 0.15) is 24.6 Å². The Morgan fingerprint density at radius 2 is 2.50 bits per heavy atom. The van der Waals surface area contributed by atoms with Crippen LogP contribution < -0.4 is 10.6 Å². The van der Waals surface area contributed by atoms with Crippen molar-refractivity contribution >= 4 is 11.3 Å². The first kappa shape index (κ1) is 9.66. The number of fused-ring (bicyclic) bond motifs is 1. The van der Waals surface area contributed by atoms with Gasteiger partial charge in [-0.25, -0.2) is 4.98 Å². The summed E-state index contributed by atoms with van der Waals surface area (Å²) in [4.78, 5) is 4.68. The first-order valence-electron chi connectivity index (χ1n) is 5.77. The molecule has 1 atom stereocenters. The van der Waals surface area contributed by atoms with Crippen LogP contribution in [0.3, 0.4) is 0 Å². The number of rotatable bonds is 2. The second kappa shape index (κ2) is 3.79. The molecule has 1 unspecified atom stereocenters. The van der Waals surface area contributed by atoms with E-state index in [1.165, 1.54) is 12.8 Å². The Morgan fingerprint density at radius 1 is 1.56 bits per heavy atom. The third kappa shape index (κ3) is 1.46. The van der Waals surface area contributed by atoms with Crippen LogP contribution in [0, 0.1) is 0 Å². The molecule has 1 aliphatic heterocycles. The lowest BCUT2D eigenvalue weighted by Crippen LogP contribution is -2.15. The molecule has 2 aromatic rings. The van der Waals surface area contributed by atoms with Gasteiger partial charge in [0.25, 0.3) is 0 Å². The van der Waals surface area contributed by atoms with E-state index < -0.39 is 0 Å². The van der Waals surface area contributed by atoms with E-state index in [4.69, 9.17) is 0 Å². The van der Waals surface area contributed by atoms with Crippen LogP contribution in [-0.2, 0) is 0 Å². The molecular weight excluding hydrogens is 200 g/mol. The second-order valence-electron chi connectivity index (χ2n) is 4.21. The number of aromatic nitrogens is 2. The van der Waals surface area contributed by atoms with E-state index >= 15 is 0 Å². The van der Waals surface area contributed by atoms with Crippen LogP contribution >= 0.6 is 0 Å². The Hall–Kier alpha value is -1.55. The van der Waals surface area contributed by atoms with Crippen molar-refractivity contribution < 1.29 is 0 Å². The third-order valence-electron chi connectivity index (χ3n) is 3.19. The number of hydrogen-bond acceptors (Lipinski definition) is 3. The van der Waals surface area contributed by atoms with Gasteiger partial charge in [0, 0.05) is 19.4 Å². The maximum absolute atomic E-state index is 4.68. The van der Waals surface area contributed by atoms with Crippen molar-refractivity contribution in [1.82, 2.24) is 14.7 Å². The maximum Gasteiger partial charge on any atom is 0.150 e. The first-order chi connectivity index (χ1) is 7.88. The molecule has 4 nitrogen and oxygen atoms in total. The van der Waals surface area contributed by atoms with Gasteiger partial charge in [0.05, 0.1) is 17.3 Å². The van der Waals surface area contributed by atoms with Crippen LogP contribution in [0.2, 0.25) is 0 Å². The number of anilines is 1. The summed E-state index contributed by atoms with van der Waals surface area (Å²) >= 11 is 0. The van der Waals surface area contributed by atoms with Crippen molar-refractivity contribution in [2.45, 2.75) is 18.9 Å². The minimum absolute atomic E-state index is 0.416. The van der Waals surface area contributed by atoms with Crippen molar-refractivity contribution in [2.75, 3.05) is 18.9 Å². The number of nitrogens with one attached hydrogen (secondary N) is 2. The monoisotopic (exact) mass is 216 g/mol. The molecule has 0 saturated carbocycles. The van der Waals surface area contributed by atoms with Crippen LogP contribution in [0.15, 0.2) is 24.5 Å². The van der Waals surface area contributed by atoms with Crippen LogP contribution in [0.4, 0.5) is 5.82 Å². The highest BCUT2D eigenvalue weighted by Crippen LogP contribution is 2.24. The summed E-state index contributed by atoms with van der Waals surface area (Å²) < 4.78 is 2.13. The smallest absolute Gasteiger partial charge is 0.150 e. The van der Waals surface area contributed by atoms with Gasteiger partial charge in [-0.1, -0.05) is 0 Å². The van der Waals surface area contributed by atoms with Gasteiger partial charge in [-0.15, -0.1) is 0 Å². The largest absolute Gasteiger partial charge is 0.371 e. The van der Waals surface area contributed by atoms with E-state index in [2.05, 4.69) is 38.5 Å². The van der Waals surface area contributed by atoms with Gasteiger partial charge < -0.3 is 15.0 Å². The van der Waals surface area contributed by atoms with Gasteiger partial charge in [0.1, 0.15) is 5.82 Å². The standard InChI is InChI=1S/C12H16N4/c1-13-12-11-5-3-7-16(11)8-10(15-12)9-4-2-6-14-9/h3,5,7-9,14H,2,4,6H2,1H3,(H,13,15). The minimum Gasteiger partial charge on any atom is -0.371 e. The molecule has 0 radical (unpaired) electrons. The molecule has 1 aliphatic rings. The normalized spacial score (nSPS) is 20.4. The summed E-state index contributed by atoms with van der Waals surface area (Å²) in [5.41, 5.74) is 2.26. The fraction of sp³-hybridized carbons (Fsp3) is 0.417. The maximum atomic E-state index is 4.68. The molecule has 0 amide bonds. The van der Waals surface area contributed by atoms with Crippen molar-refractivity contribution in [2.24, 2.45) is 0 Å². The Balaban J connectivity index is 2.10. The Bertz CT molecular complexity index is 497. The third-order valence-corrected chi connectivity index (χ3v) is 3.19. The highest BCUT2D eigenvalue weighted by Gasteiger charge is 2.18. The molecule has 84 valence electrons. The molecule has 0 spiro atoms. The average Bonchev–Trinajstić information content (AvgIpc) is 2.97. The van der Waals surface area contributed by atoms with Crippen molar-refractivity contribution in [3.05, 3.63) is 30.2 Å². The van der Waals surface area contributed by atoms with Gasteiger partial charge in [-0.05, 0) is 31.5 Å². The highest BCUT2D eigenvalue weighted by atomic mass is 15.1. The summed E-state index contributed by atoms with van der Waals surface area (Å²) in [5.74, 6) is 0.955. The average molecular weight is 216 g/mol. The zero-order valence-corrected chi connectivity index (χ0v) is 9.40. The van der Waals surface area contributed by atoms with E-state index in [0.717, 1.165) is 23.6 Å². The minimum atomic E-state index is 0.416. The number of nitrogens with zero attached hydrogens (tertiary/aromatic N) is 2. The van der Waals surface area contributed by atoms with Gasteiger partial charge in [-0.3, -0.25) is 0 Å². The van der Waals surface area contributed by atoms with Gasteiger partial charge in [0.2, 0.25) is 0 Å². The summed E-state index contributed by atoms with van der Waals surface area (Å²) in [6, 6.07) is 4.54. The van der Waals surface area contributed by atoms with Gasteiger partial charge in [-0.2, -0.15) is 0 Å². The van der Waals surface area contributed by atoms with E-state index in [-0.39, 0.29) is 0 Å². The lowest BCUT2D eigenvalue weighted by atomic mass is 10.2. The molecule has 0 aromatic carbocycles. The van der Waals surface area contributed by atoms with E-state index in [1.807, 2.05) is 13.1 Å². The molecule has 1 fully saturated rings. The highest BCUT2D eigenvalue weighted by molar-refractivity contribution is 5.68. The summed E-state index contributed by atoms with van der Waals surface area (Å²) in [7, 11) is 1.92. The number of hydrogen-bond donors (Lipinski definition) is 2. The zero-order valence-electron chi connectivity index (χ0n) is 9.40.